The van der Waals surface area contributed by atoms with Crippen LogP contribution in [0.4, 0.5) is 0 Å². The molecule has 8 heteroatoms. The van der Waals surface area contributed by atoms with E-state index >= 15 is 0 Å². The molecule has 1 aliphatic carbocycles. The lowest BCUT2D eigenvalue weighted by Gasteiger charge is -2.39. The molecule has 0 saturated heterocycles. The quantitative estimate of drug-likeness (QED) is 0.632. The summed E-state index contributed by atoms with van der Waals surface area (Å²) in [6.07, 6.45) is 4.73. The Bertz CT molecular complexity index is 620. The van der Waals surface area contributed by atoms with E-state index in [9.17, 15) is 10.1 Å². The minimum atomic E-state index is -0.635. The van der Waals surface area contributed by atoms with Gasteiger partial charge in [-0.05, 0) is 25.7 Å². The van der Waals surface area contributed by atoms with Crippen molar-refractivity contribution in [2.45, 2.75) is 72.3 Å². The standard InChI is InChI=1S/C17H26N4OS3/c1-12(2)10-23-15-19-20-16(25-15)24-13(3)14(22)21(4)17(11-18)8-6-5-7-9-17/h12-13H,5-10H2,1-4H3. The minimum Gasteiger partial charge on any atom is -0.326 e. The number of nitrogens with zero attached hydrogens (tertiary/aromatic N) is 4. The first-order valence-electron chi connectivity index (χ1n) is 8.70. The molecule has 0 radical (unpaired) electrons. The molecular weight excluding hydrogens is 372 g/mol. The van der Waals surface area contributed by atoms with E-state index in [-0.39, 0.29) is 11.2 Å². The van der Waals surface area contributed by atoms with Crippen molar-refractivity contribution in [2.24, 2.45) is 5.92 Å². The summed E-state index contributed by atoms with van der Waals surface area (Å²) in [4.78, 5) is 14.5. The van der Waals surface area contributed by atoms with Crippen LogP contribution in [0, 0.1) is 17.2 Å². The molecule has 0 aliphatic heterocycles. The van der Waals surface area contributed by atoms with Crippen LogP contribution in [0.5, 0.6) is 0 Å². The van der Waals surface area contributed by atoms with E-state index in [1.165, 1.54) is 11.8 Å². The number of carbonyl (C=O) groups is 1. The molecule has 138 valence electrons. The molecule has 0 aromatic carbocycles. The first-order valence-corrected chi connectivity index (χ1v) is 11.4. The van der Waals surface area contributed by atoms with Crippen LogP contribution in [-0.4, -0.2) is 44.6 Å². The Balaban J connectivity index is 1.96. The van der Waals surface area contributed by atoms with Gasteiger partial charge in [0.2, 0.25) is 5.91 Å². The molecular formula is C17H26N4OS3. The molecule has 0 N–H and O–H groups in total. The van der Waals surface area contributed by atoms with Crippen LogP contribution >= 0.6 is 34.9 Å². The van der Waals surface area contributed by atoms with E-state index in [1.54, 1.807) is 35.0 Å². The number of aromatic nitrogens is 2. The van der Waals surface area contributed by atoms with Gasteiger partial charge in [0, 0.05) is 12.8 Å². The molecule has 1 saturated carbocycles. The molecule has 1 heterocycles. The first kappa shape index (κ1) is 20.5. The fourth-order valence-electron chi connectivity index (χ4n) is 2.89. The van der Waals surface area contributed by atoms with Gasteiger partial charge < -0.3 is 4.90 Å². The average molecular weight is 399 g/mol. The van der Waals surface area contributed by atoms with Gasteiger partial charge in [-0.3, -0.25) is 4.79 Å². The number of nitriles is 1. The molecule has 1 aromatic rings. The van der Waals surface area contributed by atoms with Crippen molar-refractivity contribution in [3.63, 3.8) is 0 Å². The summed E-state index contributed by atoms with van der Waals surface area (Å²) in [5.74, 6) is 1.62. The zero-order valence-corrected chi connectivity index (χ0v) is 17.8. The van der Waals surface area contributed by atoms with Crippen molar-refractivity contribution in [3.8, 4) is 6.07 Å². The second kappa shape index (κ2) is 9.24. The Morgan fingerprint density at radius 3 is 2.52 bits per heavy atom. The summed E-state index contributed by atoms with van der Waals surface area (Å²) < 4.78 is 1.76. The second-order valence-corrected chi connectivity index (χ2v) is 10.7. The van der Waals surface area contributed by atoms with Gasteiger partial charge in [-0.2, -0.15) is 5.26 Å². The van der Waals surface area contributed by atoms with Crippen LogP contribution in [-0.2, 0) is 4.79 Å². The molecule has 1 atom stereocenters. The van der Waals surface area contributed by atoms with Gasteiger partial charge in [0.25, 0.3) is 0 Å². The molecule has 5 nitrogen and oxygen atoms in total. The third-order valence-corrected chi connectivity index (χ3v) is 8.07. The molecule has 1 fully saturated rings. The van der Waals surface area contributed by atoms with Crippen molar-refractivity contribution in [1.29, 1.82) is 5.26 Å². The number of rotatable bonds is 7. The summed E-state index contributed by atoms with van der Waals surface area (Å²) in [7, 11) is 1.78. The van der Waals surface area contributed by atoms with Gasteiger partial charge in [-0.25, -0.2) is 0 Å². The average Bonchev–Trinajstić information content (AvgIpc) is 3.06. The number of thioether (sulfide) groups is 2. The van der Waals surface area contributed by atoms with Crippen LogP contribution in [0.25, 0.3) is 0 Å². The van der Waals surface area contributed by atoms with E-state index in [1.807, 2.05) is 6.92 Å². The summed E-state index contributed by atoms with van der Waals surface area (Å²) in [5, 5.41) is 17.8. The number of hydrogen-bond acceptors (Lipinski definition) is 7. The highest BCUT2D eigenvalue weighted by atomic mass is 32.2. The lowest BCUT2D eigenvalue weighted by atomic mass is 9.81. The molecule has 0 bridgehead atoms. The zero-order chi connectivity index (χ0) is 18.4. The van der Waals surface area contributed by atoms with Crippen molar-refractivity contribution in [1.82, 2.24) is 15.1 Å². The summed E-state index contributed by atoms with van der Waals surface area (Å²) in [5.41, 5.74) is -0.635. The Morgan fingerprint density at radius 1 is 1.28 bits per heavy atom. The monoisotopic (exact) mass is 398 g/mol. The third kappa shape index (κ3) is 5.35. The van der Waals surface area contributed by atoms with Crippen molar-refractivity contribution in [2.75, 3.05) is 12.8 Å². The molecule has 0 spiro atoms. The SMILES string of the molecule is CC(C)CSc1nnc(SC(C)C(=O)N(C)C2(C#N)CCCCC2)s1. The topological polar surface area (TPSA) is 69.9 Å². The Labute approximate surface area is 163 Å². The minimum absolute atomic E-state index is 0.0000310. The lowest BCUT2D eigenvalue weighted by Crippen LogP contribution is -2.52. The summed E-state index contributed by atoms with van der Waals surface area (Å²) in [6, 6.07) is 2.42. The maximum absolute atomic E-state index is 12.8. The van der Waals surface area contributed by atoms with E-state index in [4.69, 9.17) is 0 Å². The number of amides is 1. The third-order valence-electron chi connectivity index (χ3n) is 4.41. The van der Waals surface area contributed by atoms with Crippen LogP contribution in [0.3, 0.4) is 0 Å². The zero-order valence-electron chi connectivity index (χ0n) is 15.3. The Kier molecular flexibility index (Phi) is 7.59. The van der Waals surface area contributed by atoms with Gasteiger partial charge in [0.05, 0.1) is 11.3 Å². The normalized spacial score (nSPS) is 17.9. The predicted octanol–water partition coefficient (Wildman–Crippen LogP) is 4.45. The molecule has 25 heavy (non-hydrogen) atoms. The summed E-state index contributed by atoms with van der Waals surface area (Å²) in [6.45, 7) is 6.24. The van der Waals surface area contributed by atoms with Crippen molar-refractivity contribution >= 4 is 40.8 Å². The van der Waals surface area contributed by atoms with E-state index in [2.05, 4.69) is 30.1 Å². The van der Waals surface area contributed by atoms with Gasteiger partial charge in [0.15, 0.2) is 8.68 Å². The highest BCUT2D eigenvalue weighted by molar-refractivity contribution is 8.03. The van der Waals surface area contributed by atoms with Gasteiger partial charge in [0.1, 0.15) is 5.54 Å². The van der Waals surface area contributed by atoms with E-state index < -0.39 is 5.54 Å². The van der Waals surface area contributed by atoms with Gasteiger partial charge in [-0.1, -0.05) is 68.0 Å². The number of carbonyl (C=O) groups excluding carboxylic acids is 1. The summed E-state index contributed by atoms with van der Waals surface area (Å²) >= 11 is 4.69. The van der Waals surface area contributed by atoms with E-state index in [0.717, 1.165) is 46.5 Å². The Morgan fingerprint density at radius 2 is 1.92 bits per heavy atom. The van der Waals surface area contributed by atoms with Crippen molar-refractivity contribution < 1.29 is 4.79 Å². The van der Waals surface area contributed by atoms with Crippen LogP contribution in [0.1, 0.15) is 52.9 Å². The fourth-order valence-corrected chi connectivity index (χ4v) is 6.12. The largest absolute Gasteiger partial charge is 0.326 e. The molecule has 2 rings (SSSR count). The molecule has 1 aromatic heterocycles. The van der Waals surface area contributed by atoms with Crippen molar-refractivity contribution in [3.05, 3.63) is 0 Å². The maximum Gasteiger partial charge on any atom is 0.236 e. The first-order chi connectivity index (χ1) is 11.9. The maximum atomic E-state index is 12.8. The molecule has 1 unspecified atom stereocenters. The molecule has 1 amide bonds. The second-order valence-electron chi connectivity index (χ2n) is 6.90. The fraction of sp³-hybridized carbons (Fsp3) is 0.765. The lowest BCUT2D eigenvalue weighted by molar-refractivity contribution is -0.133. The van der Waals surface area contributed by atoms with Gasteiger partial charge >= 0.3 is 0 Å². The van der Waals surface area contributed by atoms with Crippen LogP contribution in [0.2, 0.25) is 0 Å². The number of hydrogen-bond donors (Lipinski definition) is 0. The van der Waals surface area contributed by atoms with Crippen LogP contribution < -0.4 is 0 Å². The smallest absolute Gasteiger partial charge is 0.236 e. The van der Waals surface area contributed by atoms with Crippen LogP contribution in [0.15, 0.2) is 8.68 Å². The molecule has 1 aliphatic rings. The van der Waals surface area contributed by atoms with E-state index in [0.29, 0.717) is 5.92 Å². The Hall–Kier alpha value is -0.780. The van der Waals surface area contributed by atoms with Gasteiger partial charge in [-0.15, -0.1) is 10.2 Å². The highest BCUT2D eigenvalue weighted by Gasteiger charge is 2.40. The predicted molar refractivity (Wildman–Crippen MR) is 105 cm³/mol. The highest BCUT2D eigenvalue weighted by Crippen LogP contribution is 2.36.